The number of carbonyl (C=O) groups excluding carboxylic acids is 1. The first-order valence-electron chi connectivity index (χ1n) is 6.31. The summed E-state index contributed by atoms with van der Waals surface area (Å²) in [6.07, 6.45) is 0.117. The number of nitrogens with two attached hydrogens (primary N) is 1. The second-order valence-corrected chi connectivity index (χ2v) is 4.79. The molecule has 0 bridgehead atoms. The van der Waals surface area contributed by atoms with Gasteiger partial charge in [-0.3, -0.25) is 4.79 Å². The van der Waals surface area contributed by atoms with Gasteiger partial charge in [0.25, 0.3) is 5.91 Å². The summed E-state index contributed by atoms with van der Waals surface area (Å²) in [5.41, 5.74) is 6.25. The van der Waals surface area contributed by atoms with Crippen molar-refractivity contribution in [2.75, 3.05) is 19.7 Å². The van der Waals surface area contributed by atoms with Crippen LogP contribution < -0.4 is 15.8 Å². The van der Waals surface area contributed by atoms with Crippen LogP contribution in [0.5, 0.6) is 5.88 Å². The molecule has 0 saturated carbocycles. The molecule has 106 valence electrons. The van der Waals surface area contributed by atoms with E-state index in [4.69, 9.17) is 15.2 Å². The fourth-order valence-corrected chi connectivity index (χ4v) is 2.23. The molecule has 7 heteroatoms. The number of carbonyl (C=O) groups is 1. The van der Waals surface area contributed by atoms with E-state index in [0.717, 1.165) is 13.1 Å². The van der Waals surface area contributed by atoms with Crippen molar-refractivity contribution >= 4 is 5.91 Å². The molecular weight excluding hydrogens is 248 g/mol. The van der Waals surface area contributed by atoms with Gasteiger partial charge in [0, 0.05) is 20.1 Å². The van der Waals surface area contributed by atoms with Crippen LogP contribution in [0, 0.1) is 6.92 Å². The largest absolute Gasteiger partial charge is 0.474 e. The van der Waals surface area contributed by atoms with Gasteiger partial charge in [0.2, 0.25) is 5.88 Å². The van der Waals surface area contributed by atoms with Gasteiger partial charge in [0.05, 0.1) is 11.8 Å². The Balaban J connectivity index is 2.05. The standard InChI is InChI=1S/C12H20N4O3/c1-7-4-14-5-9(19-7)6-18-12-10(11(13)17)8(2)15-16(12)3/h7,9,14H,4-6H2,1-3H3,(H2,13,17). The number of nitrogens with zero attached hydrogens (tertiary/aromatic N) is 2. The van der Waals surface area contributed by atoms with Crippen molar-refractivity contribution in [2.24, 2.45) is 12.8 Å². The average molecular weight is 268 g/mol. The third-order valence-electron chi connectivity index (χ3n) is 3.05. The number of hydrogen-bond acceptors (Lipinski definition) is 5. The maximum absolute atomic E-state index is 11.4. The quantitative estimate of drug-likeness (QED) is 0.774. The van der Waals surface area contributed by atoms with Gasteiger partial charge in [-0.15, -0.1) is 0 Å². The Morgan fingerprint density at radius 3 is 3.00 bits per heavy atom. The summed E-state index contributed by atoms with van der Waals surface area (Å²) in [5, 5.41) is 7.40. The van der Waals surface area contributed by atoms with Crippen molar-refractivity contribution in [3.63, 3.8) is 0 Å². The molecule has 2 unspecified atom stereocenters. The first-order valence-corrected chi connectivity index (χ1v) is 6.31. The van der Waals surface area contributed by atoms with Crippen LogP contribution in [-0.4, -0.2) is 47.6 Å². The molecule has 1 saturated heterocycles. The summed E-state index contributed by atoms with van der Waals surface area (Å²) in [6, 6.07) is 0. The van der Waals surface area contributed by atoms with Gasteiger partial charge in [-0.25, -0.2) is 4.68 Å². The predicted molar refractivity (Wildman–Crippen MR) is 69.2 cm³/mol. The monoisotopic (exact) mass is 268 g/mol. The summed E-state index contributed by atoms with van der Waals surface area (Å²) in [5.74, 6) is -0.136. The minimum absolute atomic E-state index is 0.0420. The summed E-state index contributed by atoms with van der Waals surface area (Å²) in [7, 11) is 1.72. The van der Waals surface area contributed by atoms with Crippen LogP contribution in [0.4, 0.5) is 0 Å². The summed E-state index contributed by atoms with van der Waals surface area (Å²) < 4.78 is 12.9. The molecule has 1 aliphatic heterocycles. The number of ether oxygens (including phenoxy) is 2. The van der Waals surface area contributed by atoms with Crippen molar-refractivity contribution in [2.45, 2.75) is 26.1 Å². The van der Waals surface area contributed by atoms with Gasteiger partial charge in [0.15, 0.2) is 0 Å². The molecule has 2 heterocycles. The smallest absolute Gasteiger partial charge is 0.256 e. The van der Waals surface area contributed by atoms with E-state index in [0.29, 0.717) is 23.7 Å². The zero-order chi connectivity index (χ0) is 14.0. The van der Waals surface area contributed by atoms with E-state index in [-0.39, 0.29) is 12.2 Å². The van der Waals surface area contributed by atoms with Crippen LogP contribution in [0.3, 0.4) is 0 Å². The maximum atomic E-state index is 11.4. The molecule has 0 radical (unpaired) electrons. The first kappa shape index (κ1) is 13.8. The highest BCUT2D eigenvalue weighted by Gasteiger charge is 2.23. The van der Waals surface area contributed by atoms with Crippen molar-refractivity contribution < 1.29 is 14.3 Å². The van der Waals surface area contributed by atoms with Gasteiger partial charge in [0.1, 0.15) is 18.3 Å². The van der Waals surface area contributed by atoms with Crippen molar-refractivity contribution in [1.82, 2.24) is 15.1 Å². The zero-order valence-corrected chi connectivity index (χ0v) is 11.5. The molecule has 1 amide bonds. The van der Waals surface area contributed by atoms with E-state index in [2.05, 4.69) is 10.4 Å². The maximum Gasteiger partial charge on any atom is 0.256 e. The lowest BCUT2D eigenvalue weighted by Crippen LogP contribution is -2.46. The fraction of sp³-hybridized carbons (Fsp3) is 0.667. The van der Waals surface area contributed by atoms with E-state index < -0.39 is 5.91 Å². The third kappa shape index (κ3) is 3.05. The lowest BCUT2D eigenvalue weighted by molar-refractivity contribution is -0.0482. The highest BCUT2D eigenvalue weighted by molar-refractivity contribution is 5.96. The topological polar surface area (TPSA) is 91.4 Å². The first-order chi connectivity index (χ1) is 8.99. The SMILES string of the molecule is Cc1nn(C)c(OCC2CNCC(C)O2)c1C(N)=O. The minimum Gasteiger partial charge on any atom is -0.474 e. The van der Waals surface area contributed by atoms with Crippen LogP contribution in [0.15, 0.2) is 0 Å². The number of aromatic nitrogens is 2. The molecule has 19 heavy (non-hydrogen) atoms. The lowest BCUT2D eigenvalue weighted by atomic mass is 10.2. The van der Waals surface area contributed by atoms with Gasteiger partial charge < -0.3 is 20.5 Å². The molecule has 0 spiro atoms. The van der Waals surface area contributed by atoms with Crippen LogP contribution in [0.2, 0.25) is 0 Å². The number of morpholine rings is 1. The Kier molecular flexibility index (Phi) is 4.06. The Bertz CT molecular complexity index is 472. The number of hydrogen-bond donors (Lipinski definition) is 2. The van der Waals surface area contributed by atoms with Crippen LogP contribution in [0.1, 0.15) is 23.0 Å². The molecule has 0 aliphatic carbocycles. The van der Waals surface area contributed by atoms with E-state index in [1.807, 2.05) is 6.92 Å². The Morgan fingerprint density at radius 2 is 2.37 bits per heavy atom. The molecule has 1 fully saturated rings. The molecule has 0 aromatic carbocycles. The van der Waals surface area contributed by atoms with Crippen molar-refractivity contribution in [3.8, 4) is 5.88 Å². The van der Waals surface area contributed by atoms with Gasteiger partial charge in [-0.1, -0.05) is 0 Å². The molecular formula is C12H20N4O3. The predicted octanol–water partition coefficient (Wildman–Crippen LogP) is -0.417. The summed E-state index contributed by atoms with van der Waals surface area (Å²) in [4.78, 5) is 11.4. The number of amides is 1. The van der Waals surface area contributed by atoms with Crippen molar-refractivity contribution in [1.29, 1.82) is 0 Å². The van der Waals surface area contributed by atoms with Gasteiger partial charge >= 0.3 is 0 Å². The van der Waals surface area contributed by atoms with E-state index in [1.54, 1.807) is 14.0 Å². The molecule has 7 nitrogen and oxygen atoms in total. The molecule has 1 aromatic heterocycles. The summed E-state index contributed by atoms with van der Waals surface area (Å²) in [6.45, 7) is 5.66. The zero-order valence-electron chi connectivity index (χ0n) is 11.5. The molecule has 2 rings (SSSR count). The molecule has 1 aliphatic rings. The van der Waals surface area contributed by atoms with Crippen LogP contribution in [-0.2, 0) is 11.8 Å². The number of primary amides is 1. The second-order valence-electron chi connectivity index (χ2n) is 4.79. The van der Waals surface area contributed by atoms with Gasteiger partial charge in [-0.05, 0) is 13.8 Å². The average Bonchev–Trinajstić information content (AvgIpc) is 2.61. The third-order valence-corrected chi connectivity index (χ3v) is 3.05. The van der Waals surface area contributed by atoms with E-state index in [1.165, 1.54) is 4.68 Å². The lowest BCUT2D eigenvalue weighted by Gasteiger charge is -2.28. The molecule has 1 aromatic rings. The number of rotatable bonds is 4. The summed E-state index contributed by atoms with van der Waals surface area (Å²) >= 11 is 0. The minimum atomic E-state index is -0.531. The van der Waals surface area contributed by atoms with E-state index in [9.17, 15) is 4.79 Å². The van der Waals surface area contributed by atoms with Gasteiger partial charge in [-0.2, -0.15) is 5.10 Å². The van der Waals surface area contributed by atoms with E-state index >= 15 is 0 Å². The Morgan fingerprint density at radius 1 is 1.63 bits per heavy atom. The number of nitrogens with one attached hydrogen (secondary N) is 1. The molecule has 2 atom stereocenters. The normalized spacial score (nSPS) is 23.3. The molecule has 3 N–H and O–H groups in total. The Hall–Kier alpha value is -1.60. The highest BCUT2D eigenvalue weighted by Crippen LogP contribution is 2.21. The van der Waals surface area contributed by atoms with Crippen molar-refractivity contribution in [3.05, 3.63) is 11.3 Å². The second kappa shape index (κ2) is 5.58. The Labute approximate surface area is 112 Å². The fourth-order valence-electron chi connectivity index (χ4n) is 2.23. The number of aryl methyl sites for hydroxylation is 2. The van der Waals surface area contributed by atoms with Crippen LogP contribution in [0.25, 0.3) is 0 Å². The van der Waals surface area contributed by atoms with Crippen LogP contribution >= 0.6 is 0 Å². The highest BCUT2D eigenvalue weighted by atomic mass is 16.5.